The van der Waals surface area contributed by atoms with Crippen LogP contribution in [0.5, 0.6) is 11.5 Å². The molecule has 0 radical (unpaired) electrons. The first-order valence-corrected chi connectivity index (χ1v) is 6.71. The zero-order valence-electron chi connectivity index (χ0n) is 8.62. The number of hydrogen-bond acceptors (Lipinski definition) is 4. The third kappa shape index (κ3) is 2.76. The lowest BCUT2D eigenvalue weighted by molar-refractivity contribution is 0.353. The Labute approximate surface area is 97.0 Å². The van der Waals surface area contributed by atoms with E-state index in [1.807, 2.05) is 0 Å². The van der Waals surface area contributed by atoms with E-state index in [2.05, 4.69) is 0 Å². The molecule has 1 N–H and O–H groups in total. The van der Waals surface area contributed by atoms with Crippen molar-refractivity contribution in [3.63, 3.8) is 0 Å². The van der Waals surface area contributed by atoms with E-state index in [0.717, 1.165) is 0 Å². The predicted octanol–water partition coefficient (Wildman–Crippen LogP) is 1.92. The molecule has 0 atom stereocenters. The van der Waals surface area contributed by atoms with E-state index >= 15 is 0 Å². The fraction of sp³-hybridized carbons (Fsp3) is 0.333. The molecular formula is C9H10ClFO4S. The smallest absolute Gasteiger partial charge is 0.236 e. The van der Waals surface area contributed by atoms with Gasteiger partial charge in [0.05, 0.1) is 12.9 Å². The Morgan fingerprint density at radius 1 is 1.56 bits per heavy atom. The van der Waals surface area contributed by atoms with Gasteiger partial charge in [-0.3, -0.25) is 0 Å². The number of phenols is 1. The van der Waals surface area contributed by atoms with E-state index in [1.54, 1.807) is 6.92 Å². The van der Waals surface area contributed by atoms with Gasteiger partial charge in [-0.1, -0.05) is 0 Å². The summed E-state index contributed by atoms with van der Waals surface area (Å²) in [4.78, 5) is 0. The van der Waals surface area contributed by atoms with Crippen LogP contribution in [-0.2, 0) is 14.8 Å². The second-order valence-corrected chi connectivity index (χ2v) is 6.01. The zero-order chi connectivity index (χ0) is 12.5. The first-order valence-electron chi connectivity index (χ1n) is 4.23. The minimum Gasteiger partial charge on any atom is -0.502 e. The van der Waals surface area contributed by atoms with Gasteiger partial charge in [-0.25, -0.2) is 12.8 Å². The van der Waals surface area contributed by atoms with Gasteiger partial charge in [-0.05, 0) is 18.6 Å². The molecule has 0 aliphatic heterocycles. The van der Waals surface area contributed by atoms with Crippen LogP contribution in [-0.4, -0.2) is 20.6 Å². The molecule has 1 aromatic rings. The SMILES string of the molecule is COc1c(C)cc(CS(=O)(=O)Cl)c(F)c1O. The molecule has 0 aromatic heterocycles. The number of halogens is 2. The second-order valence-electron chi connectivity index (χ2n) is 3.23. The summed E-state index contributed by atoms with van der Waals surface area (Å²) in [6.07, 6.45) is 0. The summed E-state index contributed by atoms with van der Waals surface area (Å²) in [7, 11) is 2.42. The van der Waals surface area contributed by atoms with Crippen molar-refractivity contribution in [1.29, 1.82) is 0 Å². The maximum atomic E-state index is 13.5. The zero-order valence-corrected chi connectivity index (χ0v) is 10.2. The van der Waals surface area contributed by atoms with Crippen molar-refractivity contribution in [3.05, 3.63) is 23.0 Å². The van der Waals surface area contributed by atoms with E-state index in [0.29, 0.717) is 5.56 Å². The van der Waals surface area contributed by atoms with E-state index < -0.39 is 26.4 Å². The number of methoxy groups -OCH3 is 1. The molecule has 0 aliphatic carbocycles. The van der Waals surface area contributed by atoms with Crippen LogP contribution < -0.4 is 4.74 Å². The Balaban J connectivity index is 3.34. The average Bonchev–Trinajstić information content (AvgIpc) is 2.12. The molecule has 0 spiro atoms. The van der Waals surface area contributed by atoms with Gasteiger partial charge in [-0.15, -0.1) is 0 Å². The summed E-state index contributed by atoms with van der Waals surface area (Å²) in [6.45, 7) is 1.56. The molecule has 0 saturated heterocycles. The van der Waals surface area contributed by atoms with Crippen molar-refractivity contribution in [1.82, 2.24) is 0 Å². The van der Waals surface area contributed by atoms with Crippen molar-refractivity contribution in [3.8, 4) is 11.5 Å². The van der Waals surface area contributed by atoms with Crippen LogP contribution in [0.2, 0.25) is 0 Å². The van der Waals surface area contributed by atoms with Crippen LogP contribution in [0.25, 0.3) is 0 Å². The molecule has 0 amide bonds. The summed E-state index contributed by atoms with van der Waals surface area (Å²) < 4.78 is 39.9. The van der Waals surface area contributed by atoms with Crippen LogP contribution in [0, 0.1) is 12.7 Å². The number of aromatic hydroxyl groups is 1. The Morgan fingerprint density at radius 3 is 2.56 bits per heavy atom. The molecule has 1 aromatic carbocycles. The monoisotopic (exact) mass is 268 g/mol. The maximum Gasteiger partial charge on any atom is 0.236 e. The molecule has 4 nitrogen and oxygen atoms in total. The molecule has 0 aliphatic rings. The van der Waals surface area contributed by atoms with Crippen molar-refractivity contribution in [2.24, 2.45) is 0 Å². The van der Waals surface area contributed by atoms with E-state index in [1.165, 1.54) is 13.2 Å². The van der Waals surface area contributed by atoms with Gasteiger partial charge in [0.2, 0.25) is 9.05 Å². The molecule has 16 heavy (non-hydrogen) atoms. The van der Waals surface area contributed by atoms with Crippen molar-refractivity contribution >= 4 is 19.7 Å². The highest BCUT2D eigenvalue weighted by Crippen LogP contribution is 2.35. The molecule has 7 heteroatoms. The van der Waals surface area contributed by atoms with Crippen LogP contribution >= 0.6 is 10.7 Å². The number of benzene rings is 1. The van der Waals surface area contributed by atoms with Gasteiger partial charge in [0, 0.05) is 16.2 Å². The molecule has 0 unspecified atom stereocenters. The topological polar surface area (TPSA) is 63.6 Å². The quantitative estimate of drug-likeness (QED) is 0.851. The maximum absolute atomic E-state index is 13.5. The molecule has 0 bridgehead atoms. The van der Waals surface area contributed by atoms with Crippen LogP contribution in [0.1, 0.15) is 11.1 Å². The van der Waals surface area contributed by atoms with Gasteiger partial charge in [0.15, 0.2) is 17.3 Å². The summed E-state index contributed by atoms with van der Waals surface area (Å²) >= 11 is 0. The lowest BCUT2D eigenvalue weighted by Crippen LogP contribution is -2.01. The second kappa shape index (κ2) is 4.47. The van der Waals surface area contributed by atoms with Crippen molar-refractivity contribution in [2.75, 3.05) is 7.11 Å². The minimum atomic E-state index is -3.87. The molecule has 0 saturated carbocycles. The van der Waals surface area contributed by atoms with E-state index in [-0.39, 0.29) is 11.3 Å². The Kier molecular flexibility index (Phi) is 3.64. The average molecular weight is 269 g/mol. The number of rotatable bonds is 3. The van der Waals surface area contributed by atoms with Crippen molar-refractivity contribution < 1.29 is 22.7 Å². The van der Waals surface area contributed by atoms with Gasteiger partial charge in [0.1, 0.15) is 0 Å². The van der Waals surface area contributed by atoms with Crippen LogP contribution in [0.15, 0.2) is 6.07 Å². The number of aryl methyl sites for hydroxylation is 1. The van der Waals surface area contributed by atoms with Gasteiger partial charge in [-0.2, -0.15) is 0 Å². The van der Waals surface area contributed by atoms with E-state index in [9.17, 15) is 17.9 Å². The number of phenolic OH excluding ortho intramolecular Hbond substituents is 1. The lowest BCUT2D eigenvalue weighted by atomic mass is 10.1. The Bertz CT molecular complexity index is 513. The highest BCUT2D eigenvalue weighted by atomic mass is 35.7. The third-order valence-electron chi connectivity index (χ3n) is 1.99. The van der Waals surface area contributed by atoms with Gasteiger partial charge in [0.25, 0.3) is 0 Å². The van der Waals surface area contributed by atoms with Crippen molar-refractivity contribution in [2.45, 2.75) is 12.7 Å². The third-order valence-corrected chi connectivity index (χ3v) is 2.97. The lowest BCUT2D eigenvalue weighted by Gasteiger charge is -2.10. The fourth-order valence-corrected chi connectivity index (χ4v) is 2.31. The van der Waals surface area contributed by atoms with Crippen LogP contribution in [0.4, 0.5) is 4.39 Å². The van der Waals surface area contributed by atoms with Gasteiger partial charge >= 0.3 is 0 Å². The largest absolute Gasteiger partial charge is 0.502 e. The van der Waals surface area contributed by atoms with E-state index in [4.69, 9.17) is 15.4 Å². The van der Waals surface area contributed by atoms with Crippen LogP contribution in [0.3, 0.4) is 0 Å². The number of ether oxygens (including phenoxy) is 1. The molecule has 0 heterocycles. The molecule has 0 fully saturated rings. The molecule has 90 valence electrons. The Hall–Kier alpha value is -1.01. The normalized spacial score (nSPS) is 11.5. The summed E-state index contributed by atoms with van der Waals surface area (Å²) in [6, 6.07) is 1.27. The number of hydrogen-bond donors (Lipinski definition) is 1. The first-order chi connectivity index (χ1) is 7.26. The summed E-state index contributed by atoms with van der Waals surface area (Å²) in [5.74, 6) is -2.45. The Morgan fingerprint density at radius 2 is 2.12 bits per heavy atom. The highest BCUT2D eigenvalue weighted by molar-refractivity contribution is 8.13. The molecular weight excluding hydrogens is 259 g/mol. The van der Waals surface area contributed by atoms with Gasteiger partial charge < -0.3 is 9.84 Å². The predicted molar refractivity (Wildman–Crippen MR) is 57.8 cm³/mol. The highest BCUT2D eigenvalue weighted by Gasteiger charge is 2.19. The first kappa shape index (κ1) is 13.1. The molecule has 1 rings (SSSR count). The summed E-state index contributed by atoms with van der Waals surface area (Å²) in [5, 5.41) is 9.42. The fourth-order valence-electron chi connectivity index (χ4n) is 1.38. The minimum absolute atomic E-state index is 0.0202. The summed E-state index contributed by atoms with van der Waals surface area (Å²) in [5.41, 5.74) is 0.238. The standard InChI is InChI=1S/C9H10ClFO4S/c1-5-3-6(4-16(10,13)14)7(11)8(12)9(5)15-2/h3,12H,4H2,1-2H3.